The monoisotopic (exact) mass is 378 g/mol. The lowest BCUT2D eigenvalue weighted by atomic mass is 9.88. The first-order chi connectivity index (χ1) is 11.0. The zero-order valence-electron chi connectivity index (χ0n) is 13.4. The molecular formula is C19H23BrO3. The highest BCUT2D eigenvalue weighted by Gasteiger charge is 2.38. The number of halogens is 1. The molecule has 1 aromatic rings. The van der Waals surface area contributed by atoms with Gasteiger partial charge in [0.1, 0.15) is 0 Å². The van der Waals surface area contributed by atoms with Gasteiger partial charge in [0.2, 0.25) is 0 Å². The molecule has 4 heteroatoms. The SMILES string of the molecule is CCCCC[C@@H]1C(=O)C(=Cc2ccc(Br)cc2)C[C@@H]1CC(=O)O. The number of carboxylic acid groups (broad SMARTS) is 1. The van der Waals surface area contributed by atoms with Gasteiger partial charge >= 0.3 is 5.97 Å². The second-order valence-corrected chi connectivity index (χ2v) is 7.17. The van der Waals surface area contributed by atoms with Crippen LogP contribution in [0.5, 0.6) is 0 Å². The number of hydrogen-bond acceptors (Lipinski definition) is 2. The summed E-state index contributed by atoms with van der Waals surface area (Å²) in [6, 6.07) is 7.81. The molecule has 0 radical (unpaired) electrons. The van der Waals surface area contributed by atoms with Gasteiger partial charge in [0, 0.05) is 16.8 Å². The zero-order valence-corrected chi connectivity index (χ0v) is 15.0. The standard InChI is InChI=1S/C19H23BrO3/c1-2-3-4-5-17-14(12-18(21)22)11-15(19(17)23)10-13-6-8-16(20)9-7-13/h6-10,14,17H,2-5,11-12H2,1H3,(H,21,22)/t14-,17+/m1/s1. The van der Waals surface area contributed by atoms with Crippen molar-refractivity contribution in [2.45, 2.75) is 45.4 Å². The molecule has 1 saturated carbocycles. The molecule has 0 saturated heterocycles. The van der Waals surface area contributed by atoms with Crippen LogP contribution in [0.1, 0.15) is 51.0 Å². The minimum Gasteiger partial charge on any atom is -0.481 e. The minimum absolute atomic E-state index is 0.0569. The van der Waals surface area contributed by atoms with Gasteiger partial charge < -0.3 is 5.11 Å². The molecule has 1 aliphatic rings. The van der Waals surface area contributed by atoms with Gasteiger partial charge in [-0.15, -0.1) is 0 Å². The zero-order chi connectivity index (χ0) is 16.8. The number of aliphatic carboxylic acids is 1. The van der Waals surface area contributed by atoms with Crippen molar-refractivity contribution >= 4 is 33.8 Å². The number of benzene rings is 1. The summed E-state index contributed by atoms with van der Waals surface area (Å²) >= 11 is 3.40. The second-order valence-electron chi connectivity index (χ2n) is 6.25. The Morgan fingerprint density at radius 3 is 2.61 bits per heavy atom. The van der Waals surface area contributed by atoms with E-state index in [1.807, 2.05) is 30.3 Å². The van der Waals surface area contributed by atoms with Crippen molar-refractivity contribution in [3.8, 4) is 0 Å². The van der Waals surface area contributed by atoms with Crippen LogP contribution in [0.15, 0.2) is 34.3 Å². The van der Waals surface area contributed by atoms with Crippen LogP contribution in [0.25, 0.3) is 6.08 Å². The van der Waals surface area contributed by atoms with Gasteiger partial charge in [-0.25, -0.2) is 0 Å². The van der Waals surface area contributed by atoms with E-state index in [-0.39, 0.29) is 24.0 Å². The van der Waals surface area contributed by atoms with Gasteiger partial charge in [-0.1, -0.05) is 54.2 Å². The highest BCUT2D eigenvalue weighted by Crippen LogP contribution is 2.39. The first kappa shape index (κ1) is 17.9. The summed E-state index contributed by atoms with van der Waals surface area (Å²) in [5.74, 6) is -0.846. The molecule has 0 spiro atoms. The van der Waals surface area contributed by atoms with E-state index >= 15 is 0 Å². The Hall–Kier alpha value is -1.42. The summed E-state index contributed by atoms with van der Waals surface area (Å²) < 4.78 is 0.999. The maximum Gasteiger partial charge on any atom is 0.303 e. The van der Waals surface area contributed by atoms with Gasteiger partial charge in [-0.2, -0.15) is 0 Å². The molecule has 0 bridgehead atoms. The largest absolute Gasteiger partial charge is 0.481 e. The van der Waals surface area contributed by atoms with Crippen molar-refractivity contribution in [2.24, 2.45) is 11.8 Å². The molecule has 1 N–H and O–H groups in total. The molecule has 2 rings (SSSR count). The maximum atomic E-state index is 12.7. The molecule has 1 aromatic carbocycles. The summed E-state index contributed by atoms with van der Waals surface area (Å²) in [6.45, 7) is 2.13. The number of unbranched alkanes of at least 4 members (excludes halogenated alkanes) is 2. The van der Waals surface area contributed by atoms with E-state index in [2.05, 4.69) is 22.9 Å². The lowest BCUT2D eigenvalue weighted by Gasteiger charge is -2.15. The van der Waals surface area contributed by atoms with Gasteiger partial charge in [0.25, 0.3) is 0 Å². The first-order valence-electron chi connectivity index (χ1n) is 8.23. The van der Waals surface area contributed by atoms with Crippen molar-refractivity contribution in [1.29, 1.82) is 0 Å². The normalized spacial score (nSPS) is 22.7. The third-order valence-electron chi connectivity index (χ3n) is 4.47. The molecular weight excluding hydrogens is 356 g/mol. The van der Waals surface area contributed by atoms with E-state index in [1.54, 1.807) is 0 Å². The fourth-order valence-corrected chi connectivity index (χ4v) is 3.55. The molecule has 0 heterocycles. The lowest BCUT2D eigenvalue weighted by molar-refractivity contribution is -0.138. The van der Waals surface area contributed by atoms with Crippen LogP contribution in [-0.2, 0) is 9.59 Å². The van der Waals surface area contributed by atoms with E-state index in [0.29, 0.717) is 6.42 Å². The lowest BCUT2D eigenvalue weighted by Crippen LogP contribution is -2.18. The van der Waals surface area contributed by atoms with Gasteiger partial charge in [-0.3, -0.25) is 9.59 Å². The Balaban J connectivity index is 2.16. The Morgan fingerprint density at radius 1 is 1.30 bits per heavy atom. The number of rotatable bonds is 7. The number of ketones is 1. The molecule has 1 fully saturated rings. The highest BCUT2D eigenvalue weighted by molar-refractivity contribution is 9.10. The quantitative estimate of drug-likeness (QED) is 0.530. The third kappa shape index (κ3) is 5.03. The predicted octanol–water partition coefficient (Wildman–Crippen LogP) is 5.09. The number of hydrogen-bond donors (Lipinski definition) is 1. The van der Waals surface area contributed by atoms with Crippen LogP contribution in [0, 0.1) is 11.8 Å². The second kappa shape index (κ2) is 8.44. The van der Waals surface area contributed by atoms with Crippen LogP contribution >= 0.6 is 15.9 Å². The van der Waals surface area contributed by atoms with Crippen molar-refractivity contribution in [1.82, 2.24) is 0 Å². The molecule has 23 heavy (non-hydrogen) atoms. The number of Topliss-reactive ketones (excluding diaryl/α,β-unsaturated/α-hetero) is 1. The van der Waals surface area contributed by atoms with Crippen LogP contribution in [0.2, 0.25) is 0 Å². The number of allylic oxidation sites excluding steroid dienone is 1. The van der Waals surface area contributed by atoms with Crippen LogP contribution in [0.3, 0.4) is 0 Å². The topological polar surface area (TPSA) is 54.4 Å². The molecule has 3 nitrogen and oxygen atoms in total. The maximum absolute atomic E-state index is 12.7. The van der Waals surface area contributed by atoms with E-state index in [1.165, 1.54) is 0 Å². The van der Waals surface area contributed by atoms with Crippen molar-refractivity contribution < 1.29 is 14.7 Å². The van der Waals surface area contributed by atoms with E-state index in [9.17, 15) is 9.59 Å². The first-order valence-corrected chi connectivity index (χ1v) is 9.02. The van der Waals surface area contributed by atoms with E-state index < -0.39 is 5.97 Å². The van der Waals surface area contributed by atoms with Gasteiger partial charge in [-0.05, 0) is 48.1 Å². The van der Waals surface area contributed by atoms with E-state index in [0.717, 1.165) is 41.3 Å². The Morgan fingerprint density at radius 2 is 2.00 bits per heavy atom. The summed E-state index contributed by atoms with van der Waals surface area (Å²) in [5, 5.41) is 9.12. The smallest absolute Gasteiger partial charge is 0.303 e. The summed E-state index contributed by atoms with van der Waals surface area (Å²) in [5.41, 5.74) is 1.76. The average Bonchev–Trinajstić information content (AvgIpc) is 2.78. The van der Waals surface area contributed by atoms with Crippen molar-refractivity contribution in [3.63, 3.8) is 0 Å². The Bertz CT molecular complexity index is 589. The summed E-state index contributed by atoms with van der Waals surface area (Å²) in [7, 11) is 0. The Kier molecular flexibility index (Phi) is 6.58. The molecule has 1 aliphatic carbocycles. The molecule has 0 unspecified atom stereocenters. The number of carboxylic acids is 1. The van der Waals surface area contributed by atoms with Gasteiger partial charge in [0.05, 0.1) is 0 Å². The van der Waals surface area contributed by atoms with Crippen LogP contribution in [0.4, 0.5) is 0 Å². The minimum atomic E-state index is -0.812. The number of carbonyl (C=O) groups is 2. The Labute approximate surface area is 145 Å². The molecule has 0 aliphatic heterocycles. The highest BCUT2D eigenvalue weighted by atomic mass is 79.9. The number of carbonyl (C=O) groups excluding carboxylic acids is 1. The average molecular weight is 379 g/mol. The molecule has 0 amide bonds. The fourth-order valence-electron chi connectivity index (χ4n) is 3.29. The summed E-state index contributed by atoms with van der Waals surface area (Å²) in [6.07, 6.45) is 6.58. The van der Waals surface area contributed by atoms with Crippen LogP contribution in [-0.4, -0.2) is 16.9 Å². The molecule has 0 aromatic heterocycles. The fraction of sp³-hybridized carbons (Fsp3) is 0.474. The summed E-state index contributed by atoms with van der Waals surface area (Å²) in [4.78, 5) is 23.8. The van der Waals surface area contributed by atoms with Crippen molar-refractivity contribution in [3.05, 3.63) is 39.9 Å². The van der Waals surface area contributed by atoms with E-state index in [4.69, 9.17) is 5.11 Å². The molecule has 124 valence electrons. The predicted molar refractivity (Wildman–Crippen MR) is 95.1 cm³/mol. The van der Waals surface area contributed by atoms with Crippen LogP contribution < -0.4 is 0 Å². The third-order valence-corrected chi connectivity index (χ3v) is 5.00. The van der Waals surface area contributed by atoms with Gasteiger partial charge in [0.15, 0.2) is 5.78 Å². The molecule has 2 atom stereocenters. The van der Waals surface area contributed by atoms with Crippen molar-refractivity contribution in [2.75, 3.05) is 0 Å².